The molecule has 0 aliphatic rings. The van der Waals surface area contributed by atoms with Gasteiger partial charge in [-0.3, -0.25) is 9.69 Å². The van der Waals surface area contributed by atoms with E-state index in [1.807, 2.05) is 30.3 Å². The summed E-state index contributed by atoms with van der Waals surface area (Å²) < 4.78 is 0. The van der Waals surface area contributed by atoms with Gasteiger partial charge in [-0.15, -0.1) is 0 Å². The number of primary amides is 1. The van der Waals surface area contributed by atoms with Gasteiger partial charge in [0.15, 0.2) is 0 Å². The van der Waals surface area contributed by atoms with Crippen LogP contribution in [0.15, 0.2) is 30.3 Å². The van der Waals surface area contributed by atoms with E-state index < -0.39 is 11.4 Å². The Bertz CT molecular complexity index is 407. The summed E-state index contributed by atoms with van der Waals surface area (Å²) in [4.78, 5) is 14.0. The standard InChI is InChI=1S/C15H25N3O/c1-4-12(3)18(5-2)11-15(17,14(16)19)13-9-7-6-8-10-13/h6-10,12H,4-5,11,17H2,1-3H3,(H2,16,19). The molecule has 0 fully saturated rings. The molecule has 0 aliphatic heterocycles. The molecule has 0 saturated heterocycles. The van der Waals surface area contributed by atoms with E-state index in [9.17, 15) is 4.79 Å². The molecule has 0 bridgehead atoms. The fraction of sp³-hybridized carbons (Fsp3) is 0.533. The van der Waals surface area contributed by atoms with Crippen molar-refractivity contribution in [3.8, 4) is 0 Å². The minimum atomic E-state index is -1.14. The lowest BCUT2D eigenvalue weighted by atomic mass is 9.89. The highest BCUT2D eigenvalue weighted by molar-refractivity contribution is 5.86. The van der Waals surface area contributed by atoms with Crippen molar-refractivity contribution in [2.24, 2.45) is 11.5 Å². The van der Waals surface area contributed by atoms with Crippen molar-refractivity contribution >= 4 is 5.91 Å². The van der Waals surface area contributed by atoms with Crippen molar-refractivity contribution in [3.05, 3.63) is 35.9 Å². The number of carbonyl (C=O) groups is 1. The Labute approximate surface area is 115 Å². The highest BCUT2D eigenvalue weighted by atomic mass is 16.1. The monoisotopic (exact) mass is 263 g/mol. The third-order valence-electron chi connectivity index (χ3n) is 3.80. The van der Waals surface area contributed by atoms with Gasteiger partial charge < -0.3 is 11.5 Å². The highest BCUT2D eigenvalue weighted by Gasteiger charge is 2.36. The van der Waals surface area contributed by atoms with Gasteiger partial charge in [-0.2, -0.15) is 0 Å². The summed E-state index contributed by atoms with van der Waals surface area (Å²) in [6.45, 7) is 7.61. The first-order chi connectivity index (χ1) is 8.95. The normalized spacial score (nSPS) is 16.1. The molecular weight excluding hydrogens is 238 g/mol. The van der Waals surface area contributed by atoms with Gasteiger partial charge in [0.25, 0.3) is 0 Å². The molecule has 1 aromatic rings. The van der Waals surface area contributed by atoms with Crippen molar-refractivity contribution in [2.45, 2.75) is 38.8 Å². The lowest BCUT2D eigenvalue weighted by Crippen LogP contribution is -2.57. The maximum atomic E-state index is 11.9. The minimum Gasteiger partial charge on any atom is -0.368 e. The summed E-state index contributed by atoms with van der Waals surface area (Å²) in [5.74, 6) is -0.486. The Kier molecular flexibility index (Phi) is 5.51. The third-order valence-corrected chi connectivity index (χ3v) is 3.80. The Hall–Kier alpha value is -1.39. The first-order valence-electron chi connectivity index (χ1n) is 6.84. The Morgan fingerprint density at radius 2 is 1.89 bits per heavy atom. The number of carbonyl (C=O) groups excluding carboxylic acids is 1. The van der Waals surface area contributed by atoms with E-state index in [0.717, 1.165) is 18.5 Å². The number of likely N-dealkylation sites (N-methyl/N-ethyl adjacent to an activating group) is 1. The van der Waals surface area contributed by atoms with Gasteiger partial charge in [-0.1, -0.05) is 44.2 Å². The smallest absolute Gasteiger partial charge is 0.243 e. The molecule has 0 saturated carbocycles. The molecule has 2 atom stereocenters. The number of benzene rings is 1. The second-order valence-corrected chi connectivity index (χ2v) is 5.02. The molecule has 19 heavy (non-hydrogen) atoms. The summed E-state index contributed by atoms with van der Waals surface area (Å²) in [5, 5.41) is 0. The Morgan fingerprint density at radius 3 is 2.32 bits per heavy atom. The first kappa shape index (κ1) is 15.7. The predicted molar refractivity (Wildman–Crippen MR) is 78.5 cm³/mol. The molecule has 4 heteroatoms. The van der Waals surface area contributed by atoms with Gasteiger partial charge in [-0.05, 0) is 25.5 Å². The number of amides is 1. The molecule has 0 aliphatic carbocycles. The molecule has 1 amide bonds. The SMILES string of the molecule is CCC(C)N(CC)CC(N)(C(N)=O)c1ccccc1. The highest BCUT2D eigenvalue weighted by Crippen LogP contribution is 2.21. The van der Waals surface area contributed by atoms with E-state index in [4.69, 9.17) is 11.5 Å². The van der Waals surface area contributed by atoms with Crippen LogP contribution in [-0.2, 0) is 10.3 Å². The van der Waals surface area contributed by atoms with Crippen LogP contribution in [0.4, 0.5) is 0 Å². The van der Waals surface area contributed by atoms with Crippen LogP contribution in [0.3, 0.4) is 0 Å². The molecule has 1 aromatic carbocycles. The van der Waals surface area contributed by atoms with Crippen molar-refractivity contribution < 1.29 is 4.79 Å². The summed E-state index contributed by atoms with van der Waals surface area (Å²) in [6, 6.07) is 9.73. The van der Waals surface area contributed by atoms with E-state index in [1.165, 1.54) is 0 Å². The van der Waals surface area contributed by atoms with Crippen LogP contribution in [0.25, 0.3) is 0 Å². The van der Waals surface area contributed by atoms with Crippen molar-refractivity contribution in [2.75, 3.05) is 13.1 Å². The zero-order chi connectivity index (χ0) is 14.5. The topological polar surface area (TPSA) is 72.3 Å². The molecule has 2 unspecified atom stereocenters. The van der Waals surface area contributed by atoms with Crippen LogP contribution in [0.1, 0.15) is 32.8 Å². The number of rotatable bonds is 7. The molecule has 0 radical (unpaired) electrons. The van der Waals surface area contributed by atoms with Crippen molar-refractivity contribution in [1.82, 2.24) is 4.90 Å². The molecule has 0 heterocycles. The first-order valence-corrected chi connectivity index (χ1v) is 6.84. The lowest BCUT2D eigenvalue weighted by Gasteiger charge is -2.36. The number of hydrogen-bond acceptors (Lipinski definition) is 3. The summed E-state index contributed by atoms with van der Waals surface area (Å²) >= 11 is 0. The van der Waals surface area contributed by atoms with E-state index in [1.54, 1.807) is 0 Å². The maximum absolute atomic E-state index is 11.9. The van der Waals surface area contributed by atoms with Crippen LogP contribution in [0.2, 0.25) is 0 Å². The van der Waals surface area contributed by atoms with Crippen LogP contribution >= 0.6 is 0 Å². The second kappa shape index (κ2) is 6.68. The van der Waals surface area contributed by atoms with Gasteiger partial charge in [0.2, 0.25) is 5.91 Å². The molecule has 0 spiro atoms. The number of nitrogens with zero attached hydrogens (tertiary/aromatic N) is 1. The summed E-state index contributed by atoms with van der Waals surface area (Å²) in [5.41, 5.74) is 11.5. The zero-order valence-corrected chi connectivity index (χ0v) is 12.1. The lowest BCUT2D eigenvalue weighted by molar-refractivity contribution is -0.124. The zero-order valence-electron chi connectivity index (χ0n) is 12.1. The molecule has 0 aromatic heterocycles. The van der Waals surface area contributed by atoms with E-state index in [2.05, 4.69) is 25.7 Å². The van der Waals surface area contributed by atoms with Crippen molar-refractivity contribution in [3.63, 3.8) is 0 Å². The molecule has 1 rings (SSSR count). The second-order valence-electron chi connectivity index (χ2n) is 5.02. The van der Waals surface area contributed by atoms with E-state index in [-0.39, 0.29) is 0 Å². The predicted octanol–water partition coefficient (Wildman–Crippen LogP) is 1.45. The Balaban J connectivity index is 3.04. The fourth-order valence-electron chi connectivity index (χ4n) is 2.20. The molecular formula is C15H25N3O. The minimum absolute atomic E-state index is 0.371. The van der Waals surface area contributed by atoms with Crippen molar-refractivity contribution in [1.29, 1.82) is 0 Å². The average Bonchev–Trinajstić information content (AvgIpc) is 2.44. The quantitative estimate of drug-likeness (QED) is 0.782. The van der Waals surface area contributed by atoms with E-state index >= 15 is 0 Å². The van der Waals surface area contributed by atoms with Crippen LogP contribution in [0.5, 0.6) is 0 Å². The van der Waals surface area contributed by atoms with E-state index in [0.29, 0.717) is 12.6 Å². The number of hydrogen-bond donors (Lipinski definition) is 2. The maximum Gasteiger partial charge on any atom is 0.243 e. The molecule has 4 N–H and O–H groups in total. The van der Waals surface area contributed by atoms with Gasteiger partial charge in [0.1, 0.15) is 5.54 Å². The largest absolute Gasteiger partial charge is 0.368 e. The van der Waals surface area contributed by atoms with Gasteiger partial charge in [0.05, 0.1) is 0 Å². The molecule has 4 nitrogen and oxygen atoms in total. The summed E-state index contributed by atoms with van der Waals surface area (Å²) in [7, 11) is 0. The summed E-state index contributed by atoms with van der Waals surface area (Å²) in [6.07, 6.45) is 1.01. The molecule has 106 valence electrons. The number of nitrogens with two attached hydrogens (primary N) is 2. The van der Waals surface area contributed by atoms with Crippen LogP contribution in [-0.4, -0.2) is 29.9 Å². The van der Waals surface area contributed by atoms with Gasteiger partial charge >= 0.3 is 0 Å². The van der Waals surface area contributed by atoms with Crippen LogP contribution in [0, 0.1) is 0 Å². The third kappa shape index (κ3) is 3.55. The fourth-order valence-corrected chi connectivity index (χ4v) is 2.20. The average molecular weight is 263 g/mol. The Morgan fingerprint density at radius 1 is 1.32 bits per heavy atom. The van der Waals surface area contributed by atoms with Gasteiger partial charge in [-0.25, -0.2) is 0 Å². The van der Waals surface area contributed by atoms with Crippen LogP contribution < -0.4 is 11.5 Å². The van der Waals surface area contributed by atoms with Gasteiger partial charge in [0, 0.05) is 12.6 Å².